The van der Waals surface area contributed by atoms with Gasteiger partial charge in [-0.15, -0.1) is 0 Å². The summed E-state index contributed by atoms with van der Waals surface area (Å²) in [4.78, 5) is 54.6. The fraction of sp³-hybridized carbons (Fsp3) is 0.283. The van der Waals surface area contributed by atoms with Crippen molar-refractivity contribution < 1.29 is 61.8 Å². The van der Waals surface area contributed by atoms with E-state index in [0.29, 0.717) is 11.1 Å². The summed E-state index contributed by atoms with van der Waals surface area (Å²) in [6, 6.07) is 47.3. The molecule has 0 radical (unpaired) electrons. The Bertz CT molecular complexity index is 2620. The molecular weight excluding hydrogens is 859 g/mol. The molecule has 1 N–H and O–H groups in total. The van der Waals surface area contributed by atoms with Gasteiger partial charge in [-0.2, -0.15) is 0 Å². The highest BCUT2D eigenvalue weighted by Crippen LogP contribution is 2.38. The molecule has 3 aliphatic heterocycles. The molecule has 14 nitrogen and oxygen atoms in total. The molecule has 67 heavy (non-hydrogen) atoms. The molecule has 6 aromatic carbocycles. The molecule has 0 aromatic heterocycles. The van der Waals surface area contributed by atoms with Gasteiger partial charge < -0.3 is 47.9 Å². The maximum Gasteiger partial charge on any atom is 0.338 e. The lowest BCUT2D eigenvalue weighted by atomic mass is 9.94. The first-order valence-electron chi connectivity index (χ1n) is 22.1. The number of nitrogens with one attached hydrogen (secondary N) is 1. The lowest BCUT2D eigenvalue weighted by Crippen LogP contribution is -2.68. The van der Waals surface area contributed by atoms with Crippen molar-refractivity contribution in [1.82, 2.24) is 5.32 Å². The molecule has 3 saturated heterocycles. The van der Waals surface area contributed by atoms with Gasteiger partial charge in [-0.05, 0) is 64.4 Å². The SMILES string of the molecule is CC(=O)N[C@H]1[C@@H](O[C@@H]2[C@@H](OCc3ccccc3)[C@@H](OC(=O)c3ccccc3)[C@@H]3OC[C@@H]2O3)O[C@H](COC(=O)c2ccccc2)[C@@H](OCc2ccc3ccccc3c2)[C@@H]1OC(=O)c1ccccc1. The second-order valence-electron chi connectivity index (χ2n) is 16.4. The van der Waals surface area contributed by atoms with Crippen molar-refractivity contribution in [2.75, 3.05) is 13.2 Å². The van der Waals surface area contributed by atoms with Crippen LogP contribution in [0.25, 0.3) is 10.8 Å². The Hall–Kier alpha value is -6.78. The number of carbonyl (C=O) groups excluding carboxylic acids is 4. The largest absolute Gasteiger partial charge is 0.459 e. The van der Waals surface area contributed by atoms with E-state index >= 15 is 0 Å². The topological polar surface area (TPSA) is 163 Å². The molecule has 10 atom stereocenters. The molecule has 0 aliphatic carbocycles. The molecule has 0 unspecified atom stereocenters. The van der Waals surface area contributed by atoms with E-state index < -0.39 is 85.2 Å². The van der Waals surface area contributed by atoms with Crippen LogP contribution >= 0.6 is 0 Å². The monoisotopic (exact) mass is 907 g/mol. The molecule has 1 amide bonds. The van der Waals surface area contributed by atoms with E-state index in [2.05, 4.69) is 5.32 Å². The van der Waals surface area contributed by atoms with E-state index in [4.69, 9.17) is 42.6 Å². The third kappa shape index (κ3) is 10.9. The minimum absolute atomic E-state index is 0.0147. The van der Waals surface area contributed by atoms with Gasteiger partial charge in [-0.25, -0.2) is 14.4 Å². The van der Waals surface area contributed by atoms with Crippen molar-refractivity contribution in [3.8, 4) is 0 Å². The van der Waals surface area contributed by atoms with E-state index in [-0.39, 0.29) is 32.0 Å². The first-order chi connectivity index (χ1) is 32.8. The highest BCUT2D eigenvalue weighted by atomic mass is 16.8. The summed E-state index contributed by atoms with van der Waals surface area (Å²) in [6.07, 6.45) is -10.1. The average molecular weight is 908 g/mol. The van der Waals surface area contributed by atoms with Crippen molar-refractivity contribution in [1.29, 1.82) is 0 Å². The molecule has 2 bridgehead atoms. The molecular formula is C53H49NO13. The number of amides is 1. The molecule has 3 heterocycles. The Morgan fingerprint density at radius 2 is 1.10 bits per heavy atom. The predicted octanol–water partition coefficient (Wildman–Crippen LogP) is 6.99. The summed E-state index contributed by atoms with van der Waals surface area (Å²) in [6.45, 7) is 1.06. The standard InChI is InChI=1S/C53H49NO13/c1-33(55)54-43-46(65-50(57)38-21-10-4-11-22-38)44(59-30-35-26-27-36-18-14-15-25-40(36)28-35)41(31-61-49(56)37-19-8-3-9-20-37)63-52(43)67-45-42-32-62-53(64-42)48(66-51(58)39-23-12-5-13-24-39)47(45)60-29-34-16-6-2-7-17-34/h2-28,41-48,52-53H,29-32H2,1H3,(H,54,55)/t41-,42+,43-,44-,45+,46-,47-,48-,52-,53-/m1/s1. The molecule has 3 fully saturated rings. The number of hydrogen-bond donors (Lipinski definition) is 1. The Morgan fingerprint density at radius 1 is 0.552 bits per heavy atom. The van der Waals surface area contributed by atoms with Crippen LogP contribution in [-0.4, -0.2) is 98.4 Å². The van der Waals surface area contributed by atoms with Crippen LogP contribution < -0.4 is 5.32 Å². The fourth-order valence-electron chi connectivity index (χ4n) is 8.49. The average Bonchev–Trinajstić information content (AvgIpc) is 3.81. The van der Waals surface area contributed by atoms with Crippen molar-refractivity contribution in [2.45, 2.75) is 81.5 Å². The Kier molecular flexibility index (Phi) is 14.4. The fourth-order valence-corrected chi connectivity index (χ4v) is 8.49. The van der Waals surface area contributed by atoms with Crippen molar-refractivity contribution in [2.24, 2.45) is 0 Å². The molecule has 0 spiro atoms. The summed E-state index contributed by atoms with van der Waals surface area (Å²) >= 11 is 0. The van der Waals surface area contributed by atoms with E-state index in [9.17, 15) is 19.2 Å². The first-order valence-corrected chi connectivity index (χ1v) is 22.1. The van der Waals surface area contributed by atoms with Gasteiger partial charge in [0.15, 0.2) is 24.8 Å². The summed E-state index contributed by atoms with van der Waals surface area (Å²) in [5.41, 5.74) is 2.46. The highest BCUT2D eigenvalue weighted by molar-refractivity contribution is 5.90. The van der Waals surface area contributed by atoms with Gasteiger partial charge >= 0.3 is 17.9 Å². The van der Waals surface area contributed by atoms with E-state index in [1.165, 1.54) is 6.92 Å². The molecule has 9 rings (SSSR count). The number of ether oxygens (including phenoxy) is 9. The summed E-state index contributed by atoms with van der Waals surface area (Å²) in [5, 5.41) is 4.94. The van der Waals surface area contributed by atoms with Gasteiger partial charge in [0.25, 0.3) is 0 Å². The van der Waals surface area contributed by atoms with Gasteiger partial charge in [-0.1, -0.05) is 121 Å². The van der Waals surface area contributed by atoms with Crippen LogP contribution in [0.1, 0.15) is 49.1 Å². The zero-order valence-electron chi connectivity index (χ0n) is 36.5. The Labute approximate surface area is 386 Å². The predicted molar refractivity (Wildman–Crippen MR) is 241 cm³/mol. The normalized spacial score (nSPS) is 25.4. The van der Waals surface area contributed by atoms with Crippen molar-refractivity contribution >= 4 is 34.6 Å². The second-order valence-corrected chi connectivity index (χ2v) is 16.4. The van der Waals surface area contributed by atoms with Gasteiger partial charge in [0.1, 0.15) is 43.2 Å². The third-order valence-corrected chi connectivity index (χ3v) is 11.8. The molecule has 14 heteroatoms. The molecule has 0 saturated carbocycles. The Morgan fingerprint density at radius 3 is 1.75 bits per heavy atom. The summed E-state index contributed by atoms with van der Waals surface area (Å²) < 4.78 is 57.9. The van der Waals surface area contributed by atoms with E-state index in [1.54, 1.807) is 91.0 Å². The zero-order chi connectivity index (χ0) is 46.1. The lowest BCUT2D eigenvalue weighted by molar-refractivity contribution is -0.325. The number of rotatable bonds is 16. The number of fused-ring (bicyclic) bond motifs is 3. The number of carbonyl (C=O) groups is 4. The van der Waals surface area contributed by atoms with Crippen molar-refractivity contribution in [3.63, 3.8) is 0 Å². The van der Waals surface area contributed by atoms with Gasteiger partial charge in [0, 0.05) is 6.92 Å². The number of benzene rings is 6. The van der Waals surface area contributed by atoms with Crippen LogP contribution in [0.15, 0.2) is 164 Å². The van der Waals surface area contributed by atoms with Gasteiger partial charge in [0.2, 0.25) is 5.91 Å². The lowest BCUT2D eigenvalue weighted by Gasteiger charge is -2.48. The minimum Gasteiger partial charge on any atom is -0.459 e. The first kappa shape index (κ1) is 45.4. The molecule has 3 aliphatic rings. The smallest absolute Gasteiger partial charge is 0.338 e. The second kappa shape index (κ2) is 21.2. The summed E-state index contributed by atoms with van der Waals surface area (Å²) in [7, 11) is 0. The van der Waals surface area contributed by atoms with Crippen LogP contribution in [0.5, 0.6) is 0 Å². The number of hydrogen-bond acceptors (Lipinski definition) is 13. The van der Waals surface area contributed by atoms with Gasteiger partial charge in [0.05, 0.1) is 36.5 Å². The Balaban J connectivity index is 1.08. The third-order valence-electron chi connectivity index (χ3n) is 11.8. The van der Waals surface area contributed by atoms with Gasteiger partial charge in [-0.3, -0.25) is 4.79 Å². The molecule has 344 valence electrons. The minimum atomic E-state index is -1.45. The molecule has 6 aromatic rings. The maximum absolute atomic E-state index is 14.1. The highest BCUT2D eigenvalue weighted by Gasteiger charge is 2.58. The van der Waals surface area contributed by atoms with Crippen molar-refractivity contribution in [3.05, 3.63) is 192 Å². The van der Waals surface area contributed by atoms with E-state index in [1.807, 2.05) is 72.8 Å². The zero-order valence-corrected chi connectivity index (χ0v) is 36.5. The van der Waals surface area contributed by atoms with E-state index in [0.717, 1.165) is 21.9 Å². The van der Waals surface area contributed by atoms with Crippen LogP contribution in [-0.2, 0) is 60.6 Å². The summed E-state index contributed by atoms with van der Waals surface area (Å²) in [5.74, 6) is -2.49. The van der Waals surface area contributed by atoms with Crippen LogP contribution in [0, 0.1) is 0 Å². The van der Waals surface area contributed by atoms with Crippen LogP contribution in [0.4, 0.5) is 0 Å². The van der Waals surface area contributed by atoms with Crippen LogP contribution in [0.2, 0.25) is 0 Å². The maximum atomic E-state index is 14.1. The van der Waals surface area contributed by atoms with Crippen LogP contribution in [0.3, 0.4) is 0 Å². The quantitative estimate of drug-likeness (QED) is 0.0782. The number of esters is 3.